The summed E-state index contributed by atoms with van der Waals surface area (Å²) in [6.45, 7) is 4.92. The Morgan fingerprint density at radius 3 is 2.22 bits per heavy atom. The summed E-state index contributed by atoms with van der Waals surface area (Å²) in [6, 6.07) is 3.69. The average molecular weight is 376 g/mol. The van der Waals surface area contributed by atoms with Gasteiger partial charge in [0.1, 0.15) is 23.0 Å². The summed E-state index contributed by atoms with van der Waals surface area (Å²) in [5.41, 5.74) is 1.86. The van der Waals surface area contributed by atoms with Crippen molar-refractivity contribution in [3.05, 3.63) is 35.0 Å². The third-order valence-corrected chi connectivity index (χ3v) is 4.19. The van der Waals surface area contributed by atoms with E-state index in [-0.39, 0.29) is 0 Å². The molecule has 0 atom stereocenters. The highest BCUT2D eigenvalue weighted by Crippen LogP contribution is 2.34. The first-order chi connectivity index (χ1) is 13.0. The molecule has 148 valence electrons. The molecule has 8 heteroatoms. The number of aliphatic imine (C=N–C) groups is 1. The molecule has 0 fully saturated rings. The van der Waals surface area contributed by atoms with Gasteiger partial charge in [-0.25, -0.2) is 4.98 Å². The van der Waals surface area contributed by atoms with Gasteiger partial charge in [0.25, 0.3) is 0 Å². The van der Waals surface area contributed by atoms with E-state index in [0.29, 0.717) is 37.1 Å². The highest BCUT2D eigenvalue weighted by atomic mass is 16.5. The SMILES string of the molecule is CN=C(NCCc1c(OC)cc(OC)cc1OC)NCc1nc(C)c(C)o1. The van der Waals surface area contributed by atoms with Crippen molar-refractivity contribution < 1.29 is 18.6 Å². The lowest BCUT2D eigenvalue weighted by Gasteiger charge is -2.16. The van der Waals surface area contributed by atoms with Crippen molar-refractivity contribution in [1.29, 1.82) is 0 Å². The quantitative estimate of drug-likeness (QED) is 0.539. The minimum absolute atomic E-state index is 0.462. The third kappa shape index (κ3) is 5.29. The highest BCUT2D eigenvalue weighted by Gasteiger charge is 2.13. The molecular formula is C19H28N4O4. The van der Waals surface area contributed by atoms with Crippen LogP contribution in [0.25, 0.3) is 0 Å². The lowest BCUT2D eigenvalue weighted by molar-refractivity contribution is 0.368. The van der Waals surface area contributed by atoms with Crippen molar-refractivity contribution in [1.82, 2.24) is 15.6 Å². The number of aromatic nitrogens is 1. The average Bonchev–Trinajstić information content (AvgIpc) is 3.01. The van der Waals surface area contributed by atoms with Crippen molar-refractivity contribution in [2.45, 2.75) is 26.8 Å². The Labute approximate surface area is 159 Å². The molecule has 0 radical (unpaired) electrons. The number of hydrogen-bond acceptors (Lipinski definition) is 6. The fraction of sp³-hybridized carbons (Fsp3) is 0.474. The van der Waals surface area contributed by atoms with E-state index in [9.17, 15) is 0 Å². The molecule has 8 nitrogen and oxygen atoms in total. The molecule has 0 aliphatic carbocycles. The van der Waals surface area contributed by atoms with Gasteiger partial charge in [-0.05, 0) is 20.3 Å². The summed E-state index contributed by atoms with van der Waals surface area (Å²) in [6.07, 6.45) is 0.689. The second-order valence-corrected chi connectivity index (χ2v) is 5.86. The van der Waals surface area contributed by atoms with Crippen molar-refractivity contribution in [3.63, 3.8) is 0 Å². The standard InChI is InChI=1S/C19H28N4O4/c1-12-13(2)27-18(23-12)11-22-19(20-3)21-8-7-15-16(25-5)9-14(24-4)10-17(15)26-6/h9-10H,7-8,11H2,1-6H3,(H2,20,21,22). The van der Waals surface area contributed by atoms with Crippen LogP contribution in [0.2, 0.25) is 0 Å². The number of hydrogen-bond donors (Lipinski definition) is 2. The van der Waals surface area contributed by atoms with Crippen LogP contribution in [0.1, 0.15) is 22.9 Å². The monoisotopic (exact) mass is 376 g/mol. The maximum absolute atomic E-state index is 5.56. The molecule has 0 bridgehead atoms. The van der Waals surface area contributed by atoms with Crippen molar-refractivity contribution >= 4 is 5.96 Å². The van der Waals surface area contributed by atoms with E-state index in [4.69, 9.17) is 18.6 Å². The predicted molar refractivity (Wildman–Crippen MR) is 104 cm³/mol. The van der Waals surface area contributed by atoms with Gasteiger partial charge in [-0.3, -0.25) is 4.99 Å². The zero-order valence-electron chi connectivity index (χ0n) is 16.8. The third-order valence-electron chi connectivity index (χ3n) is 4.19. The van der Waals surface area contributed by atoms with Gasteiger partial charge in [0, 0.05) is 31.3 Å². The van der Waals surface area contributed by atoms with Crippen LogP contribution in [0.15, 0.2) is 21.5 Å². The van der Waals surface area contributed by atoms with Crippen LogP contribution >= 0.6 is 0 Å². The molecule has 27 heavy (non-hydrogen) atoms. The van der Waals surface area contributed by atoms with Crippen LogP contribution in [0.3, 0.4) is 0 Å². The summed E-state index contributed by atoms with van der Waals surface area (Å²) in [4.78, 5) is 8.57. The summed E-state index contributed by atoms with van der Waals surface area (Å²) in [7, 11) is 6.59. The molecule has 1 aromatic heterocycles. The van der Waals surface area contributed by atoms with Crippen molar-refractivity contribution in [3.8, 4) is 17.2 Å². The second kappa shape index (κ2) is 9.70. The number of rotatable bonds is 8. The Balaban J connectivity index is 1.95. The van der Waals surface area contributed by atoms with Crippen LogP contribution in [0.4, 0.5) is 0 Å². The molecule has 0 saturated carbocycles. The minimum atomic E-state index is 0.462. The van der Waals surface area contributed by atoms with Crippen LogP contribution in [0, 0.1) is 13.8 Å². The minimum Gasteiger partial charge on any atom is -0.496 e. The summed E-state index contributed by atoms with van der Waals surface area (Å²) >= 11 is 0. The molecule has 0 aliphatic rings. The van der Waals surface area contributed by atoms with E-state index in [1.165, 1.54) is 0 Å². The number of benzene rings is 1. The number of nitrogens with one attached hydrogen (secondary N) is 2. The molecule has 0 saturated heterocycles. The van der Waals surface area contributed by atoms with E-state index < -0.39 is 0 Å². The number of oxazole rings is 1. The normalized spacial score (nSPS) is 11.3. The van der Waals surface area contributed by atoms with E-state index in [1.807, 2.05) is 26.0 Å². The molecule has 2 aromatic rings. The molecule has 1 aromatic carbocycles. The molecular weight excluding hydrogens is 348 g/mol. The fourth-order valence-corrected chi connectivity index (χ4v) is 2.62. The van der Waals surface area contributed by atoms with Crippen molar-refractivity contribution in [2.75, 3.05) is 34.9 Å². The van der Waals surface area contributed by atoms with E-state index >= 15 is 0 Å². The van der Waals surface area contributed by atoms with Gasteiger partial charge in [0.15, 0.2) is 5.96 Å². The number of methoxy groups -OCH3 is 3. The predicted octanol–water partition coefficient (Wildman–Crippen LogP) is 2.22. The van der Waals surface area contributed by atoms with Crippen molar-refractivity contribution in [2.24, 2.45) is 4.99 Å². The smallest absolute Gasteiger partial charge is 0.214 e. The largest absolute Gasteiger partial charge is 0.496 e. The first kappa shape index (κ1) is 20.4. The van der Waals surface area contributed by atoms with Crippen LogP contribution in [0.5, 0.6) is 17.2 Å². The fourth-order valence-electron chi connectivity index (χ4n) is 2.62. The highest BCUT2D eigenvalue weighted by molar-refractivity contribution is 5.79. The lowest BCUT2D eigenvalue weighted by atomic mass is 10.1. The Kier molecular flexibility index (Phi) is 7.34. The zero-order valence-corrected chi connectivity index (χ0v) is 16.8. The Morgan fingerprint density at radius 2 is 1.74 bits per heavy atom. The molecule has 0 aliphatic heterocycles. The lowest BCUT2D eigenvalue weighted by Crippen LogP contribution is -2.38. The van der Waals surface area contributed by atoms with Gasteiger partial charge < -0.3 is 29.3 Å². The maximum atomic E-state index is 5.56. The van der Waals surface area contributed by atoms with Gasteiger partial charge in [-0.15, -0.1) is 0 Å². The second-order valence-electron chi connectivity index (χ2n) is 5.86. The summed E-state index contributed by atoms with van der Waals surface area (Å²) < 4.78 is 21.8. The first-order valence-electron chi connectivity index (χ1n) is 8.68. The van der Waals surface area contributed by atoms with E-state index in [1.54, 1.807) is 28.4 Å². The molecule has 0 spiro atoms. The number of guanidine groups is 1. The van der Waals surface area contributed by atoms with Gasteiger partial charge >= 0.3 is 0 Å². The number of aryl methyl sites for hydroxylation is 2. The molecule has 1 heterocycles. The van der Waals surface area contributed by atoms with Gasteiger partial charge in [0.05, 0.1) is 33.6 Å². The Bertz CT molecular complexity index is 742. The van der Waals surface area contributed by atoms with Gasteiger partial charge in [-0.2, -0.15) is 0 Å². The number of nitrogens with zero attached hydrogens (tertiary/aromatic N) is 2. The van der Waals surface area contributed by atoms with Gasteiger partial charge in [-0.1, -0.05) is 0 Å². The van der Waals surface area contributed by atoms with E-state index in [0.717, 1.165) is 28.5 Å². The number of ether oxygens (including phenoxy) is 3. The van der Waals surface area contributed by atoms with Crippen LogP contribution < -0.4 is 24.8 Å². The summed E-state index contributed by atoms with van der Waals surface area (Å²) in [5.74, 6) is 4.26. The van der Waals surface area contributed by atoms with E-state index in [2.05, 4.69) is 20.6 Å². The zero-order chi connectivity index (χ0) is 19.8. The van der Waals surface area contributed by atoms with Gasteiger partial charge in [0.2, 0.25) is 5.89 Å². The maximum Gasteiger partial charge on any atom is 0.214 e. The topological polar surface area (TPSA) is 90.1 Å². The Morgan fingerprint density at radius 1 is 1.07 bits per heavy atom. The Hall–Kier alpha value is -2.90. The molecule has 2 N–H and O–H groups in total. The molecule has 0 amide bonds. The first-order valence-corrected chi connectivity index (χ1v) is 8.68. The summed E-state index contributed by atoms with van der Waals surface area (Å²) in [5, 5.41) is 6.46. The molecule has 2 rings (SSSR count). The molecule has 0 unspecified atom stereocenters. The van der Waals surface area contributed by atoms with Crippen LogP contribution in [-0.2, 0) is 13.0 Å². The van der Waals surface area contributed by atoms with Crippen LogP contribution in [-0.4, -0.2) is 45.9 Å².